The average molecular weight is 421 g/mol. The summed E-state index contributed by atoms with van der Waals surface area (Å²) in [7, 11) is 3.88. The summed E-state index contributed by atoms with van der Waals surface area (Å²) in [6.45, 7) is 2.65. The highest BCUT2D eigenvalue weighted by Crippen LogP contribution is 2.33. The topological polar surface area (TPSA) is 65.5 Å². The van der Waals surface area contributed by atoms with Gasteiger partial charge >= 0.3 is 0 Å². The molecule has 3 heterocycles. The molecular weight excluding hydrogens is 396 g/mol. The van der Waals surface area contributed by atoms with Gasteiger partial charge in [0.15, 0.2) is 0 Å². The summed E-state index contributed by atoms with van der Waals surface area (Å²) >= 11 is 1.45. The first-order valence-electron chi connectivity index (χ1n) is 9.84. The van der Waals surface area contributed by atoms with E-state index in [1.807, 2.05) is 72.6 Å². The minimum absolute atomic E-state index is 0.0360. The Kier molecular flexibility index (Phi) is 5.55. The van der Waals surface area contributed by atoms with Crippen LogP contribution in [0.4, 0.5) is 17.1 Å². The Labute approximate surface area is 180 Å². The maximum absolute atomic E-state index is 12.8. The van der Waals surface area contributed by atoms with Crippen LogP contribution in [0.1, 0.15) is 26.5 Å². The summed E-state index contributed by atoms with van der Waals surface area (Å²) in [5, 5.41) is 5.01. The second kappa shape index (κ2) is 8.28. The highest BCUT2D eigenvalue weighted by Gasteiger charge is 2.25. The standard InChI is InChI=1S/C23H24N4O2S/c1-15-14-30-22(21(15)26(2)3)23(29)25-18-7-8-19-16(12-18)9-11-27(19)20(28)13-17-6-4-5-10-24-17/h4-8,10,12,14H,9,11,13H2,1-3H3,(H,25,29). The zero-order chi connectivity index (χ0) is 21.3. The molecule has 2 amide bonds. The van der Waals surface area contributed by atoms with Crippen LogP contribution < -0.4 is 15.1 Å². The third kappa shape index (κ3) is 3.93. The fourth-order valence-electron chi connectivity index (χ4n) is 3.83. The van der Waals surface area contributed by atoms with Gasteiger partial charge in [0.2, 0.25) is 5.91 Å². The van der Waals surface area contributed by atoms with Crippen LogP contribution in [0.5, 0.6) is 0 Å². The summed E-state index contributed by atoms with van der Waals surface area (Å²) in [5.41, 5.74) is 5.53. The van der Waals surface area contributed by atoms with Gasteiger partial charge in [0, 0.05) is 43.9 Å². The van der Waals surface area contributed by atoms with E-state index in [9.17, 15) is 9.59 Å². The van der Waals surface area contributed by atoms with Crippen molar-refractivity contribution in [2.45, 2.75) is 19.8 Å². The average Bonchev–Trinajstić information content (AvgIpc) is 3.32. The molecule has 1 N–H and O–H groups in total. The van der Waals surface area contributed by atoms with Gasteiger partial charge in [-0.25, -0.2) is 0 Å². The number of carbonyl (C=O) groups is 2. The van der Waals surface area contributed by atoms with Gasteiger partial charge in [-0.15, -0.1) is 11.3 Å². The van der Waals surface area contributed by atoms with E-state index < -0.39 is 0 Å². The van der Waals surface area contributed by atoms with Gasteiger partial charge in [-0.2, -0.15) is 0 Å². The fraction of sp³-hybridized carbons (Fsp3) is 0.261. The van der Waals surface area contributed by atoms with Crippen molar-refractivity contribution < 1.29 is 9.59 Å². The third-order valence-corrected chi connectivity index (χ3v) is 6.27. The number of nitrogens with zero attached hydrogens (tertiary/aromatic N) is 3. The highest BCUT2D eigenvalue weighted by molar-refractivity contribution is 7.13. The Bertz CT molecular complexity index is 1090. The monoisotopic (exact) mass is 420 g/mol. The van der Waals surface area contributed by atoms with E-state index >= 15 is 0 Å². The molecule has 1 aliphatic heterocycles. The second-order valence-corrected chi connectivity index (χ2v) is 8.46. The number of amides is 2. The first-order chi connectivity index (χ1) is 14.4. The molecule has 4 rings (SSSR count). The van der Waals surface area contributed by atoms with Crippen molar-refractivity contribution in [1.29, 1.82) is 0 Å². The number of carbonyl (C=O) groups excluding carboxylic acids is 2. The maximum Gasteiger partial charge on any atom is 0.267 e. The number of anilines is 3. The van der Waals surface area contributed by atoms with Crippen LogP contribution in [0.15, 0.2) is 48.0 Å². The number of pyridine rings is 1. The Morgan fingerprint density at radius 1 is 1.23 bits per heavy atom. The van der Waals surface area contributed by atoms with E-state index in [1.165, 1.54) is 11.3 Å². The van der Waals surface area contributed by atoms with Crippen molar-refractivity contribution in [2.75, 3.05) is 35.8 Å². The molecule has 3 aromatic rings. The SMILES string of the molecule is Cc1csc(C(=O)Nc2ccc3c(c2)CCN3C(=O)Cc2ccccn2)c1N(C)C. The van der Waals surface area contributed by atoms with E-state index in [0.717, 1.165) is 40.3 Å². The number of nitrogens with one attached hydrogen (secondary N) is 1. The van der Waals surface area contributed by atoms with Crippen molar-refractivity contribution in [3.05, 3.63) is 69.7 Å². The summed E-state index contributed by atoms with van der Waals surface area (Å²) in [6, 6.07) is 11.3. The molecule has 30 heavy (non-hydrogen) atoms. The normalized spacial score (nSPS) is 12.6. The molecule has 0 atom stereocenters. The van der Waals surface area contributed by atoms with Crippen LogP contribution in [0.2, 0.25) is 0 Å². The molecule has 0 spiro atoms. The van der Waals surface area contributed by atoms with Crippen LogP contribution >= 0.6 is 11.3 Å². The number of fused-ring (bicyclic) bond motifs is 1. The zero-order valence-corrected chi connectivity index (χ0v) is 18.1. The lowest BCUT2D eigenvalue weighted by molar-refractivity contribution is -0.117. The largest absolute Gasteiger partial charge is 0.376 e. The van der Waals surface area contributed by atoms with Crippen LogP contribution in [0.25, 0.3) is 0 Å². The quantitative estimate of drug-likeness (QED) is 0.680. The molecule has 2 aromatic heterocycles. The summed E-state index contributed by atoms with van der Waals surface area (Å²) < 4.78 is 0. The predicted molar refractivity (Wildman–Crippen MR) is 122 cm³/mol. The molecule has 0 saturated carbocycles. The van der Waals surface area contributed by atoms with E-state index in [1.54, 1.807) is 6.20 Å². The van der Waals surface area contributed by atoms with Gasteiger partial charge in [-0.3, -0.25) is 14.6 Å². The van der Waals surface area contributed by atoms with Gasteiger partial charge < -0.3 is 15.1 Å². The molecule has 6 nitrogen and oxygen atoms in total. The van der Waals surface area contributed by atoms with Crippen molar-refractivity contribution in [3.8, 4) is 0 Å². The Morgan fingerprint density at radius 3 is 2.80 bits per heavy atom. The van der Waals surface area contributed by atoms with Crippen LogP contribution in [0.3, 0.4) is 0 Å². The van der Waals surface area contributed by atoms with E-state index in [0.29, 0.717) is 11.4 Å². The van der Waals surface area contributed by atoms with Gasteiger partial charge in [0.1, 0.15) is 4.88 Å². The van der Waals surface area contributed by atoms with Gasteiger partial charge in [-0.05, 0) is 60.2 Å². The van der Waals surface area contributed by atoms with Crippen LogP contribution in [-0.4, -0.2) is 37.4 Å². The molecular formula is C23H24N4O2S. The number of benzene rings is 1. The van der Waals surface area contributed by atoms with Gasteiger partial charge in [-0.1, -0.05) is 6.07 Å². The van der Waals surface area contributed by atoms with E-state index in [4.69, 9.17) is 0 Å². The second-order valence-electron chi connectivity index (χ2n) is 7.58. The Hall–Kier alpha value is -3.19. The van der Waals surface area contributed by atoms with E-state index in [-0.39, 0.29) is 18.2 Å². The lowest BCUT2D eigenvalue weighted by atomic mass is 10.1. The number of aromatic nitrogens is 1. The Balaban J connectivity index is 1.49. The highest BCUT2D eigenvalue weighted by atomic mass is 32.1. The van der Waals surface area contributed by atoms with Crippen molar-refractivity contribution >= 4 is 40.2 Å². The van der Waals surface area contributed by atoms with Crippen LogP contribution in [-0.2, 0) is 17.6 Å². The molecule has 0 radical (unpaired) electrons. The molecule has 0 aliphatic carbocycles. The molecule has 7 heteroatoms. The summed E-state index contributed by atoms with van der Waals surface area (Å²) in [4.78, 5) is 34.3. The minimum atomic E-state index is -0.113. The number of rotatable bonds is 5. The summed E-state index contributed by atoms with van der Waals surface area (Å²) in [5.74, 6) is -0.0771. The predicted octanol–water partition coefficient (Wildman–Crippen LogP) is 3.90. The third-order valence-electron chi connectivity index (χ3n) is 5.19. The molecule has 0 unspecified atom stereocenters. The van der Waals surface area contributed by atoms with Gasteiger partial charge in [0.05, 0.1) is 12.1 Å². The Morgan fingerprint density at radius 2 is 2.07 bits per heavy atom. The molecule has 0 fully saturated rings. The van der Waals surface area contributed by atoms with Gasteiger partial charge in [0.25, 0.3) is 5.91 Å². The first-order valence-corrected chi connectivity index (χ1v) is 10.7. The molecule has 1 aliphatic rings. The molecule has 1 aromatic carbocycles. The van der Waals surface area contributed by atoms with Crippen molar-refractivity contribution in [3.63, 3.8) is 0 Å². The van der Waals surface area contributed by atoms with E-state index in [2.05, 4.69) is 10.3 Å². The lowest BCUT2D eigenvalue weighted by Crippen LogP contribution is -2.30. The number of hydrogen-bond donors (Lipinski definition) is 1. The number of hydrogen-bond acceptors (Lipinski definition) is 5. The first kappa shape index (κ1) is 20.1. The molecule has 154 valence electrons. The maximum atomic E-state index is 12.8. The number of thiophene rings is 1. The smallest absolute Gasteiger partial charge is 0.267 e. The fourth-order valence-corrected chi connectivity index (χ4v) is 4.85. The molecule has 0 saturated heterocycles. The lowest BCUT2D eigenvalue weighted by Gasteiger charge is -2.18. The molecule has 0 bridgehead atoms. The number of aryl methyl sites for hydroxylation is 1. The van der Waals surface area contributed by atoms with Crippen LogP contribution in [0, 0.1) is 6.92 Å². The zero-order valence-electron chi connectivity index (χ0n) is 17.3. The van der Waals surface area contributed by atoms with Crippen molar-refractivity contribution in [1.82, 2.24) is 4.98 Å². The van der Waals surface area contributed by atoms with Crippen molar-refractivity contribution in [2.24, 2.45) is 0 Å². The minimum Gasteiger partial charge on any atom is -0.376 e. The summed E-state index contributed by atoms with van der Waals surface area (Å²) in [6.07, 6.45) is 2.75.